The van der Waals surface area contributed by atoms with Crippen molar-refractivity contribution >= 4 is 5.91 Å². The van der Waals surface area contributed by atoms with Crippen LogP contribution in [0.25, 0.3) is 0 Å². The van der Waals surface area contributed by atoms with Crippen molar-refractivity contribution in [2.24, 2.45) is 0 Å². The van der Waals surface area contributed by atoms with Gasteiger partial charge in [-0.15, -0.1) is 0 Å². The van der Waals surface area contributed by atoms with Crippen LogP contribution in [-0.2, 0) is 10.2 Å². The number of likely N-dealkylation sites (N-methyl/N-ethyl adjacent to an activating group) is 1. The van der Waals surface area contributed by atoms with E-state index in [1.165, 1.54) is 11.1 Å². The first kappa shape index (κ1) is 18.8. The number of hydrogen-bond acceptors (Lipinski definition) is 4. The van der Waals surface area contributed by atoms with E-state index in [-0.39, 0.29) is 23.5 Å². The normalized spacial score (nSPS) is 31.1. The number of hydrogen-bond donors (Lipinski definition) is 1. The van der Waals surface area contributed by atoms with Crippen LogP contribution in [0, 0.1) is 6.92 Å². The van der Waals surface area contributed by atoms with Gasteiger partial charge in [-0.3, -0.25) is 4.79 Å². The fourth-order valence-corrected chi connectivity index (χ4v) is 5.01. The van der Waals surface area contributed by atoms with Gasteiger partial charge in [0, 0.05) is 50.1 Å². The molecule has 1 saturated carbocycles. The molecule has 5 nitrogen and oxygen atoms in total. The lowest BCUT2D eigenvalue weighted by molar-refractivity contribution is -0.123. The zero-order chi connectivity index (χ0) is 19.0. The van der Waals surface area contributed by atoms with Crippen LogP contribution in [0.15, 0.2) is 18.2 Å². The standard InChI is InChI=1S/C22H33N3O2/c1-16-6-7-19-17(15-16)22(2)9-4-5-18(21(22)27-19)23-20(26)8-10-25-13-11-24(3)12-14-25/h6-7,15,18,21H,4-5,8-14H2,1-3H3,(H,23,26)/t18-,21-,22-/m0/s1. The molecule has 0 unspecified atom stereocenters. The SMILES string of the molecule is Cc1ccc2c(c1)[C@]1(C)CCC[C@H](NC(=O)CCN3CCN(C)CC3)[C@@H]1O2. The Morgan fingerprint density at radius 1 is 1.30 bits per heavy atom. The van der Waals surface area contributed by atoms with Gasteiger partial charge in [0.15, 0.2) is 0 Å². The molecule has 2 aliphatic heterocycles. The molecule has 1 saturated heterocycles. The first-order valence-electron chi connectivity index (χ1n) is 10.4. The maximum absolute atomic E-state index is 12.6. The van der Waals surface area contributed by atoms with Crippen molar-refractivity contribution in [2.75, 3.05) is 39.8 Å². The molecule has 2 heterocycles. The molecule has 0 bridgehead atoms. The van der Waals surface area contributed by atoms with E-state index in [4.69, 9.17) is 4.74 Å². The number of carbonyl (C=O) groups excluding carboxylic acids is 1. The van der Waals surface area contributed by atoms with Crippen LogP contribution in [0.5, 0.6) is 5.75 Å². The second-order valence-electron chi connectivity index (χ2n) is 8.92. The van der Waals surface area contributed by atoms with E-state index in [2.05, 4.69) is 54.2 Å². The zero-order valence-corrected chi connectivity index (χ0v) is 17.0. The summed E-state index contributed by atoms with van der Waals surface area (Å²) in [7, 11) is 2.16. The highest BCUT2D eigenvalue weighted by Crippen LogP contribution is 2.50. The minimum atomic E-state index is 0.00893. The van der Waals surface area contributed by atoms with Crippen molar-refractivity contribution in [2.45, 2.75) is 57.1 Å². The van der Waals surface area contributed by atoms with Gasteiger partial charge in [0.1, 0.15) is 11.9 Å². The van der Waals surface area contributed by atoms with Crippen LogP contribution in [0.1, 0.15) is 43.7 Å². The second kappa shape index (κ2) is 7.44. The van der Waals surface area contributed by atoms with Gasteiger partial charge < -0.3 is 19.9 Å². The highest BCUT2D eigenvalue weighted by Gasteiger charge is 2.51. The lowest BCUT2D eigenvalue weighted by atomic mass is 9.68. The average Bonchev–Trinajstić information content (AvgIpc) is 2.94. The van der Waals surface area contributed by atoms with E-state index in [1.807, 2.05) is 0 Å². The highest BCUT2D eigenvalue weighted by atomic mass is 16.5. The van der Waals surface area contributed by atoms with Crippen molar-refractivity contribution in [3.05, 3.63) is 29.3 Å². The molecule has 3 atom stereocenters. The lowest BCUT2D eigenvalue weighted by Gasteiger charge is -2.40. The average molecular weight is 372 g/mol. The molecule has 0 radical (unpaired) electrons. The van der Waals surface area contributed by atoms with E-state index in [9.17, 15) is 4.79 Å². The Bertz CT molecular complexity index is 699. The van der Waals surface area contributed by atoms with Gasteiger partial charge in [-0.2, -0.15) is 0 Å². The summed E-state index contributed by atoms with van der Waals surface area (Å²) >= 11 is 0. The summed E-state index contributed by atoms with van der Waals surface area (Å²) in [6.07, 6.45) is 3.90. The number of rotatable bonds is 4. The summed E-state index contributed by atoms with van der Waals surface area (Å²) in [4.78, 5) is 17.4. The third-order valence-corrected chi connectivity index (χ3v) is 6.81. The Morgan fingerprint density at radius 2 is 2.07 bits per heavy atom. The monoisotopic (exact) mass is 371 g/mol. The Hall–Kier alpha value is -1.59. The third-order valence-electron chi connectivity index (χ3n) is 6.81. The number of nitrogens with one attached hydrogen (secondary N) is 1. The quantitative estimate of drug-likeness (QED) is 0.882. The molecule has 1 aliphatic carbocycles. The number of piperazine rings is 1. The Morgan fingerprint density at radius 3 is 2.85 bits per heavy atom. The van der Waals surface area contributed by atoms with Crippen molar-refractivity contribution in [1.29, 1.82) is 0 Å². The van der Waals surface area contributed by atoms with Gasteiger partial charge >= 0.3 is 0 Å². The maximum Gasteiger partial charge on any atom is 0.221 e. The van der Waals surface area contributed by atoms with E-state index in [1.54, 1.807) is 0 Å². The number of fused-ring (bicyclic) bond motifs is 3. The molecule has 0 spiro atoms. The predicted molar refractivity (Wildman–Crippen MR) is 107 cm³/mol. The van der Waals surface area contributed by atoms with Crippen LogP contribution < -0.4 is 10.1 Å². The third kappa shape index (κ3) is 3.72. The smallest absolute Gasteiger partial charge is 0.221 e. The molecule has 4 rings (SSSR count). The van der Waals surface area contributed by atoms with Crippen LogP contribution in [-0.4, -0.2) is 67.6 Å². The van der Waals surface area contributed by atoms with Crippen molar-refractivity contribution < 1.29 is 9.53 Å². The van der Waals surface area contributed by atoms with Crippen molar-refractivity contribution in [1.82, 2.24) is 15.1 Å². The number of carbonyl (C=O) groups is 1. The van der Waals surface area contributed by atoms with Crippen LogP contribution in [0.2, 0.25) is 0 Å². The minimum Gasteiger partial charge on any atom is -0.487 e. The fraction of sp³-hybridized carbons (Fsp3) is 0.682. The Labute approximate surface area is 163 Å². The fourth-order valence-electron chi connectivity index (χ4n) is 5.01. The van der Waals surface area contributed by atoms with Gasteiger partial charge in [-0.1, -0.05) is 31.0 Å². The molecule has 148 valence electrons. The summed E-state index contributed by atoms with van der Waals surface area (Å²) in [6, 6.07) is 6.59. The van der Waals surface area contributed by atoms with Crippen LogP contribution >= 0.6 is 0 Å². The molecular formula is C22H33N3O2. The minimum absolute atomic E-state index is 0.00893. The van der Waals surface area contributed by atoms with E-state index >= 15 is 0 Å². The Kier molecular flexibility index (Phi) is 5.17. The van der Waals surface area contributed by atoms with Crippen molar-refractivity contribution in [3.8, 4) is 5.75 Å². The number of benzene rings is 1. The van der Waals surface area contributed by atoms with Gasteiger partial charge in [0.2, 0.25) is 5.91 Å². The first-order valence-corrected chi connectivity index (χ1v) is 10.4. The Balaban J connectivity index is 1.36. The van der Waals surface area contributed by atoms with Gasteiger partial charge in [0.25, 0.3) is 0 Å². The predicted octanol–water partition coefficient (Wildman–Crippen LogP) is 2.32. The number of aryl methyl sites for hydroxylation is 1. The van der Waals surface area contributed by atoms with Crippen LogP contribution in [0.3, 0.4) is 0 Å². The van der Waals surface area contributed by atoms with Gasteiger partial charge in [-0.25, -0.2) is 0 Å². The molecular weight excluding hydrogens is 338 g/mol. The lowest BCUT2D eigenvalue weighted by Crippen LogP contribution is -2.55. The zero-order valence-electron chi connectivity index (χ0n) is 17.0. The molecule has 1 N–H and O–H groups in total. The van der Waals surface area contributed by atoms with Crippen molar-refractivity contribution in [3.63, 3.8) is 0 Å². The number of nitrogens with zero attached hydrogens (tertiary/aromatic N) is 2. The largest absolute Gasteiger partial charge is 0.487 e. The summed E-state index contributed by atoms with van der Waals surface area (Å²) in [5, 5.41) is 3.31. The first-order chi connectivity index (χ1) is 13.0. The molecule has 2 fully saturated rings. The van der Waals surface area contributed by atoms with Crippen LogP contribution in [0.4, 0.5) is 0 Å². The summed E-state index contributed by atoms with van der Waals surface area (Å²) < 4.78 is 6.36. The topological polar surface area (TPSA) is 44.8 Å². The summed E-state index contributed by atoms with van der Waals surface area (Å²) in [5.74, 6) is 1.17. The molecule has 27 heavy (non-hydrogen) atoms. The molecule has 1 aromatic carbocycles. The molecule has 1 amide bonds. The summed E-state index contributed by atoms with van der Waals surface area (Å²) in [5.41, 5.74) is 2.61. The molecule has 3 aliphatic rings. The molecule has 0 aromatic heterocycles. The van der Waals surface area contributed by atoms with E-state index in [0.717, 1.165) is 57.7 Å². The van der Waals surface area contributed by atoms with Gasteiger partial charge in [-0.05, 0) is 32.9 Å². The number of amides is 1. The maximum atomic E-state index is 12.6. The van der Waals surface area contributed by atoms with E-state index < -0.39 is 0 Å². The molecule has 5 heteroatoms. The number of ether oxygens (including phenoxy) is 1. The second-order valence-corrected chi connectivity index (χ2v) is 8.92. The summed E-state index contributed by atoms with van der Waals surface area (Å²) in [6.45, 7) is 9.61. The molecule has 1 aromatic rings. The van der Waals surface area contributed by atoms with Gasteiger partial charge in [0.05, 0.1) is 6.04 Å². The highest BCUT2D eigenvalue weighted by molar-refractivity contribution is 5.76. The van der Waals surface area contributed by atoms with E-state index in [0.29, 0.717) is 6.42 Å².